The van der Waals surface area contributed by atoms with Crippen LogP contribution in [0.25, 0.3) is 0 Å². The molecule has 0 aliphatic carbocycles. The number of aryl methyl sites for hydroxylation is 1. The first kappa shape index (κ1) is 52.4. The molecule has 0 radical (unpaired) electrons. The fraction of sp³-hybridized carbons (Fsp3) is 0.700. The van der Waals surface area contributed by atoms with Crippen LogP contribution in [0.15, 0.2) is 54.6 Å². The van der Waals surface area contributed by atoms with Gasteiger partial charge in [0.15, 0.2) is 6.29 Å². The summed E-state index contributed by atoms with van der Waals surface area (Å²) < 4.78 is 47.3. The lowest BCUT2D eigenvalue weighted by Crippen LogP contribution is -2.62. The number of amides is 3. The van der Waals surface area contributed by atoms with E-state index in [1.807, 2.05) is 72.1 Å². The number of methoxy groups -OCH3 is 1. The van der Waals surface area contributed by atoms with Gasteiger partial charge in [-0.2, -0.15) is 0 Å². The standard InChI is InChI=1S/C50H77FN4O10/c1-31-28-39(54(7)8)43(62-27-17-25-52-47(59)37-20-14-15-21-38(37)51)48(63-31)65-45-32(2)42(40-30-50(6,61-10)44(57)34(4)64-40)33(3)46(58)53-36(23-22-35-18-12-11-13-19-35)29-41(56)55(9)26-16-24-49(45,5)60/h11-15,18-21,31-34,36,39-40,42-45,48,57,60H,16-17,22-30H2,1-10H3,(H,52,59)(H,53,58)/t31-,32+,33-,34+,36+,39+,40?,42+,43-,44+,45-,48+,49-,50-/m1/s1. The van der Waals surface area contributed by atoms with Crippen molar-refractivity contribution in [2.75, 3.05) is 47.9 Å². The smallest absolute Gasteiger partial charge is 0.254 e. The number of aliphatic hydroxyl groups excluding tert-OH is 1. The Bertz CT molecular complexity index is 1840. The van der Waals surface area contributed by atoms with Gasteiger partial charge in [-0.15, -0.1) is 0 Å². The first-order valence-electron chi connectivity index (χ1n) is 23.6. The Morgan fingerprint density at radius 2 is 1.74 bits per heavy atom. The van der Waals surface area contributed by atoms with Crippen molar-refractivity contribution in [3.63, 3.8) is 0 Å². The van der Waals surface area contributed by atoms with Gasteiger partial charge < -0.3 is 54.3 Å². The molecule has 0 saturated carbocycles. The third kappa shape index (κ3) is 13.6. The molecular weight excluding hydrogens is 836 g/mol. The maximum atomic E-state index is 14.8. The third-order valence-electron chi connectivity index (χ3n) is 14.2. The summed E-state index contributed by atoms with van der Waals surface area (Å²) in [6.07, 6.45) is -1.61. The number of rotatable bonds is 14. The minimum Gasteiger partial charge on any atom is -0.387 e. The molecular formula is C50H77FN4O10. The van der Waals surface area contributed by atoms with Gasteiger partial charge in [0, 0.05) is 70.6 Å². The Kier molecular flexibility index (Phi) is 18.9. The van der Waals surface area contributed by atoms with Gasteiger partial charge in [0.25, 0.3) is 5.91 Å². The lowest BCUT2D eigenvalue weighted by molar-refractivity contribution is -0.308. The maximum Gasteiger partial charge on any atom is 0.254 e. The number of carbonyl (C=O) groups is 3. The first-order chi connectivity index (χ1) is 30.8. The zero-order valence-electron chi connectivity index (χ0n) is 40.3. The molecule has 14 nitrogen and oxygen atoms in total. The van der Waals surface area contributed by atoms with E-state index in [0.29, 0.717) is 38.6 Å². The summed E-state index contributed by atoms with van der Waals surface area (Å²) in [5.41, 5.74) is -1.44. The topological polar surface area (TPSA) is 168 Å². The fourth-order valence-corrected chi connectivity index (χ4v) is 10.2. The highest BCUT2D eigenvalue weighted by Crippen LogP contribution is 2.44. The summed E-state index contributed by atoms with van der Waals surface area (Å²) >= 11 is 0. The van der Waals surface area contributed by atoms with E-state index in [0.717, 1.165) is 5.56 Å². The van der Waals surface area contributed by atoms with Crippen molar-refractivity contribution in [1.29, 1.82) is 0 Å². The second-order valence-corrected chi connectivity index (χ2v) is 19.5. The molecule has 4 N–H and O–H groups in total. The summed E-state index contributed by atoms with van der Waals surface area (Å²) in [5.74, 6) is -3.34. The number of hydrogen-bond acceptors (Lipinski definition) is 11. The lowest BCUT2D eigenvalue weighted by atomic mass is 9.68. The van der Waals surface area contributed by atoms with Crippen molar-refractivity contribution < 1.29 is 52.7 Å². The molecule has 0 aromatic heterocycles. The van der Waals surface area contributed by atoms with Crippen molar-refractivity contribution in [1.82, 2.24) is 20.4 Å². The maximum absolute atomic E-state index is 14.8. The Balaban J connectivity index is 1.48. The summed E-state index contributed by atoms with van der Waals surface area (Å²) in [6, 6.07) is 15.2. The molecule has 2 aromatic carbocycles. The zero-order chi connectivity index (χ0) is 47.6. The van der Waals surface area contributed by atoms with Gasteiger partial charge >= 0.3 is 0 Å². The van der Waals surface area contributed by atoms with Gasteiger partial charge in [-0.25, -0.2) is 4.39 Å². The number of hydrogen-bond donors (Lipinski definition) is 4. The van der Waals surface area contributed by atoms with Crippen LogP contribution in [-0.2, 0) is 39.7 Å². The average molecular weight is 913 g/mol. The number of likely N-dealkylation sites (N-methyl/N-ethyl adjacent to an activating group) is 1. The summed E-state index contributed by atoms with van der Waals surface area (Å²) in [7, 11) is 7.25. The molecule has 2 aromatic rings. The van der Waals surface area contributed by atoms with Gasteiger partial charge in [0.2, 0.25) is 11.8 Å². The third-order valence-corrected chi connectivity index (χ3v) is 14.2. The zero-order valence-corrected chi connectivity index (χ0v) is 40.3. The fourth-order valence-electron chi connectivity index (χ4n) is 10.2. The van der Waals surface area contributed by atoms with Crippen LogP contribution in [0.4, 0.5) is 4.39 Å². The average Bonchev–Trinajstić information content (AvgIpc) is 3.26. The molecule has 14 atom stereocenters. The summed E-state index contributed by atoms with van der Waals surface area (Å²) in [4.78, 5) is 45.0. The van der Waals surface area contributed by atoms with Crippen LogP contribution < -0.4 is 10.6 Å². The number of benzene rings is 2. The quantitative estimate of drug-likeness (QED) is 0.186. The van der Waals surface area contributed by atoms with Crippen molar-refractivity contribution in [2.24, 2.45) is 17.8 Å². The molecule has 65 heavy (non-hydrogen) atoms. The Labute approximate surface area is 386 Å². The first-order valence-corrected chi connectivity index (χ1v) is 23.6. The Morgan fingerprint density at radius 1 is 1.05 bits per heavy atom. The van der Waals surface area contributed by atoms with E-state index in [1.54, 1.807) is 39.0 Å². The van der Waals surface area contributed by atoms with Crippen LogP contribution in [0.5, 0.6) is 0 Å². The molecule has 364 valence electrons. The molecule has 15 heteroatoms. The molecule has 3 aliphatic rings. The number of aliphatic hydroxyl groups is 2. The molecule has 3 saturated heterocycles. The van der Waals surface area contributed by atoms with Gasteiger partial charge in [-0.1, -0.05) is 56.3 Å². The highest BCUT2D eigenvalue weighted by atomic mass is 19.1. The second kappa shape index (κ2) is 23.5. The molecule has 3 aliphatic heterocycles. The van der Waals surface area contributed by atoms with E-state index < -0.39 is 83.5 Å². The lowest BCUT2D eigenvalue weighted by Gasteiger charge is -2.51. The van der Waals surface area contributed by atoms with E-state index in [2.05, 4.69) is 15.5 Å². The Hall–Kier alpha value is -3.54. The normalized spacial score (nSPS) is 35.6. The number of nitrogens with one attached hydrogen (secondary N) is 2. The van der Waals surface area contributed by atoms with Gasteiger partial charge in [-0.3, -0.25) is 14.4 Å². The van der Waals surface area contributed by atoms with E-state index in [4.69, 9.17) is 23.7 Å². The molecule has 1 unspecified atom stereocenters. The predicted octanol–water partition coefficient (Wildman–Crippen LogP) is 5.12. The number of carbonyl (C=O) groups excluding carboxylic acids is 3. The van der Waals surface area contributed by atoms with Crippen LogP contribution in [0.1, 0.15) is 102 Å². The van der Waals surface area contributed by atoms with Gasteiger partial charge in [0.1, 0.15) is 18.0 Å². The minimum absolute atomic E-state index is 0.0315. The van der Waals surface area contributed by atoms with Crippen LogP contribution >= 0.6 is 0 Å². The van der Waals surface area contributed by atoms with Crippen molar-refractivity contribution in [3.8, 4) is 0 Å². The SMILES string of the molecule is CO[C@]1(C)CC([C@H]2[C@H](C)[C@@H](O[C@@H]3O[C@H](C)C[C@H](N(C)C)[C@H]3OCCCNC(=O)c3ccccc3F)[C@](C)(O)CCCN(C)C(=O)C[C@H](CCc3ccccc3)NC(=O)[C@@H]2C)O[C@@H](C)[C@@H]1O. The van der Waals surface area contributed by atoms with Crippen LogP contribution in [0, 0.1) is 23.6 Å². The van der Waals surface area contributed by atoms with Crippen molar-refractivity contribution >= 4 is 17.7 Å². The summed E-state index contributed by atoms with van der Waals surface area (Å²) in [6.45, 7) is 12.0. The van der Waals surface area contributed by atoms with E-state index in [9.17, 15) is 29.0 Å². The van der Waals surface area contributed by atoms with Crippen LogP contribution in [0.3, 0.4) is 0 Å². The highest BCUT2D eigenvalue weighted by Gasteiger charge is 2.54. The van der Waals surface area contributed by atoms with Crippen molar-refractivity contribution in [2.45, 2.75) is 159 Å². The highest BCUT2D eigenvalue weighted by molar-refractivity contribution is 5.94. The van der Waals surface area contributed by atoms with Crippen LogP contribution in [0.2, 0.25) is 0 Å². The minimum atomic E-state index is -1.51. The van der Waals surface area contributed by atoms with E-state index >= 15 is 0 Å². The largest absolute Gasteiger partial charge is 0.387 e. The van der Waals surface area contributed by atoms with Crippen molar-refractivity contribution in [3.05, 3.63) is 71.5 Å². The monoisotopic (exact) mass is 913 g/mol. The van der Waals surface area contributed by atoms with Gasteiger partial charge in [0.05, 0.1) is 41.2 Å². The van der Waals surface area contributed by atoms with Crippen LogP contribution in [-0.4, -0.2) is 152 Å². The molecule has 3 amide bonds. The Morgan fingerprint density at radius 3 is 2.42 bits per heavy atom. The molecule has 5 rings (SSSR count). The number of halogens is 1. The number of nitrogens with zero attached hydrogens (tertiary/aromatic N) is 2. The number of ether oxygens (including phenoxy) is 5. The van der Waals surface area contributed by atoms with E-state index in [1.165, 1.54) is 18.2 Å². The second-order valence-electron chi connectivity index (χ2n) is 19.5. The molecule has 3 fully saturated rings. The molecule has 0 spiro atoms. The molecule has 3 heterocycles. The van der Waals surface area contributed by atoms with Gasteiger partial charge in [-0.05, 0) is 104 Å². The van der Waals surface area contributed by atoms with E-state index in [-0.39, 0.29) is 61.9 Å². The summed E-state index contributed by atoms with van der Waals surface area (Å²) in [5, 5.41) is 30.1. The molecule has 0 bridgehead atoms. The predicted molar refractivity (Wildman–Crippen MR) is 245 cm³/mol.